The van der Waals surface area contributed by atoms with E-state index in [0.717, 1.165) is 11.1 Å². The van der Waals surface area contributed by atoms with Crippen molar-refractivity contribution in [3.63, 3.8) is 0 Å². The van der Waals surface area contributed by atoms with Gasteiger partial charge in [0.25, 0.3) is 0 Å². The molecule has 0 aliphatic rings. The zero-order chi connectivity index (χ0) is 20.1. The molecule has 1 nitrogen and oxygen atoms in total. The molecule has 2 atom stereocenters. The fourth-order valence-corrected chi connectivity index (χ4v) is 4.03. The van der Waals surface area contributed by atoms with Crippen LogP contribution in [-0.2, 0) is 10.8 Å². The molecule has 0 saturated heterocycles. The van der Waals surface area contributed by atoms with Gasteiger partial charge in [0, 0.05) is 11.1 Å². The summed E-state index contributed by atoms with van der Waals surface area (Å²) in [6, 6.07) is 4.43. The van der Waals surface area contributed by atoms with Crippen molar-refractivity contribution in [1.29, 1.82) is 0 Å². The summed E-state index contributed by atoms with van der Waals surface area (Å²) in [6.45, 7) is 20.6. The third kappa shape index (κ3) is 5.05. The Bertz CT molecular complexity index is 521. The van der Waals surface area contributed by atoms with Crippen molar-refractivity contribution in [1.82, 2.24) is 0 Å². The fraction of sp³-hybridized carbons (Fsp3) is 0.760. The van der Waals surface area contributed by atoms with Crippen molar-refractivity contribution in [2.75, 3.05) is 0 Å². The van der Waals surface area contributed by atoms with E-state index in [4.69, 9.17) is 0 Å². The van der Waals surface area contributed by atoms with Crippen molar-refractivity contribution in [2.45, 2.75) is 112 Å². The van der Waals surface area contributed by atoms with Crippen LogP contribution in [0.2, 0.25) is 0 Å². The minimum atomic E-state index is -0.0250. The first-order valence-corrected chi connectivity index (χ1v) is 10.8. The van der Waals surface area contributed by atoms with Gasteiger partial charge in [-0.25, -0.2) is 0 Å². The summed E-state index contributed by atoms with van der Waals surface area (Å²) in [5.74, 6) is 1.63. The second-order valence-electron chi connectivity index (χ2n) is 9.74. The van der Waals surface area contributed by atoms with Gasteiger partial charge in [-0.3, -0.25) is 0 Å². The second-order valence-corrected chi connectivity index (χ2v) is 9.74. The highest BCUT2D eigenvalue weighted by molar-refractivity contribution is 5.50. The van der Waals surface area contributed by atoms with Crippen LogP contribution in [0.25, 0.3) is 0 Å². The molecule has 2 unspecified atom stereocenters. The maximum atomic E-state index is 11.3. The molecule has 1 N–H and O–H groups in total. The number of aromatic hydroxyl groups is 1. The summed E-state index contributed by atoms with van der Waals surface area (Å²) in [4.78, 5) is 0. The summed E-state index contributed by atoms with van der Waals surface area (Å²) in [6.07, 6.45) is 7.39. The van der Waals surface area contributed by atoms with E-state index in [0.29, 0.717) is 17.6 Å². The van der Waals surface area contributed by atoms with Crippen LogP contribution in [0.5, 0.6) is 5.75 Å². The smallest absolute Gasteiger partial charge is 0.123 e. The first-order chi connectivity index (χ1) is 12.0. The molecule has 1 heteroatoms. The molecule has 0 spiro atoms. The normalized spacial score (nSPS) is 15.1. The van der Waals surface area contributed by atoms with Gasteiger partial charge in [0.15, 0.2) is 0 Å². The maximum Gasteiger partial charge on any atom is 0.123 e. The average Bonchev–Trinajstić information content (AvgIpc) is 2.58. The van der Waals surface area contributed by atoms with E-state index in [1.165, 1.54) is 44.1 Å². The second kappa shape index (κ2) is 9.29. The van der Waals surface area contributed by atoms with Gasteiger partial charge in [0.1, 0.15) is 5.75 Å². The molecule has 0 radical (unpaired) electrons. The van der Waals surface area contributed by atoms with Crippen LogP contribution in [0.3, 0.4) is 0 Å². The topological polar surface area (TPSA) is 20.2 Å². The van der Waals surface area contributed by atoms with Crippen molar-refractivity contribution in [2.24, 2.45) is 11.8 Å². The predicted molar refractivity (Wildman–Crippen MR) is 116 cm³/mol. The van der Waals surface area contributed by atoms with E-state index >= 15 is 0 Å². The molecule has 0 amide bonds. The van der Waals surface area contributed by atoms with Crippen LogP contribution in [0.4, 0.5) is 0 Å². The van der Waals surface area contributed by atoms with Crippen molar-refractivity contribution in [3.8, 4) is 5.75 Å². The molecule has 1 aromatic rings. The van der Waals surface area contributed by atoms with E-state index in [1.54, 1.807) is 0 Å². The summed E-state index contributed by atoms with van der Waals surface area (Å²) in [5, 5.41) is 11.3. The molecule has 26 heavy (non-hydrogen) atoms. The fourth-order valence-electron chi connectivity index (χ4n) is 4.03. The molecule has 150 valence electrons. The van der Waals surface area contributed by atoms with Crippen molar-refractivity contribution in [3.05, 3.63) is 28.8 Å². The SMILES string of the molecule is CCCCC(C)C(C)(C)c1cc(C)cc(C(C)(C)C(C)CCCC)c1O. The minimum absolute atomic E-state index is 0.0250. The number of aryl methyl sites for hydroxylation is 1. The van der Waals surface area contributed by atoms with Gasteiger partial charge in [-0.15, -0.1) is 0 Å². The molecule has 0 bridgehead atoms. The van der Waals surface area contributed by atoms with Crippen LogP contribution in [-0.4, -0.2) is 5.11 Å². The van der Waals surface area contributed by atoms with Gasteiger partial charge < -0.3 is 5.11 Å². The monoisotopic (exact) mass is 360 g/mol. The van der Waals surface area contributed by atoms with Crippen LogP contribution in [0.15, 0.2) is 12.1 Å². The lowest BCUT2D eigenvalue weighted by Crippen LogP contribution is -2.30. The number of phenols is 1. The van der Waals surface area contributed by atoms with Crippen molar-refractivity contribution >= 4 is 0 Å². The van der Waals surface area contributed by atoms with Crippen LogP contribution in [0.1, 0.15) is 111 Å². The summed E-state index contributed by atoms with van der Waals surface area (Å²) in [5.41, 5.74) is 3.48. The van der Waals surface area contributed by atoms with E-state index in [-0.39, 0.29) is 10.8 Å². The Hall–Kier alpha value is -0.980. The molecule has 1 aromatic carbocycles. The maximum absolute atomic E-state index is 11.3. The molecular formula is C25H44O. The number of unbranched alkanes of at least 4 members (excludes halogenated alkanes) is 2. The minimum Gasteiger partial charge on any atom is -0.507 e. The Kier molecular flexibility index (Phi) is 8.24. The average molecular weight is 361 g/mol. The van der Waals surface area contributed by atoms with Gasteiger partial charge in [-0.05, 0) is 42.4 Å². The van der Waals surface area contributed by atoms with Gasteiger partial charge in [-0.2, -0.15) is 0 Å². The van der Waals surface area contributed by atoms with Gasteiger partial charge in [0.2, 0.25) is 0 Å². The standard InChI is InChI=1S/C25H44O/c1-10-12-14-19(4)24(6,7)21-16-18(3)17-22(23(21)26)25(8,9)20(5)15-13-11-2/h16-17,19-20,26H,10-15H2,1-9H3. The first-order valence-electron chi connectivity index (χ1n) is 10.8. The Labute approximate surface area is 163 Å². The molecule has 0 aliphatic heterocycles. The Balaban J connectivity index is 3.34. The third-order valence-electron chi connectivity index (χ3n) is 7.09. The van der Waals surface area contributed by atoms with E-state index in [1.807, 2.05) is 0 Å². The molecule has 0 aliphatic carbocycles. The van der Waals surface area contributed by atoms with E-state index in [2.05, 4.69) is 74.4 Å². The van der Waals surface area contributed by atoms with Crippen LogP contribution in [0, 0.1) is 18.8 Å². The lowest BCUT2D eigenvalue weighted by atomic mass is 9.67. The van der Waals surface area contributed by atoms with Gasteiger partial charge in [0.05, 0.1) is 0 Å². The number of benzene rings is 1. The Morgan fingerprint density at radius 2 is 1.15 bits per heavy atom. The van der Waals surface area contributed by atoms with E-state index < -0.39 is 0 Å². The first kappa shape index (κ1) is 23.1. The van der Waals surface area contributed by atoms with Gasteiger partial charge >= 0.3 is 0 Å². The molecule has 0 fully saturated rings. The summed E-state index contributed by atoms with van der Waals surface area (Å²) >= 11 is 0. The number of rotatable bonds is 10. The van der Waals surface area contributed by atoms with Crippen LogP contribution < -0.4 is 0 Å². The Morgan fingerprint density at radius 3 is 1.46 bits per heavy atom. The summed E-state index contributed by atoms with van der Waals surface area (Å²) in [7, 11) is 0. The highest BCUT2D eigenvalue weighted by Crippen LogP contribution is 2.46. The highest BCUT2D eigenvalue weighted by Gasteiger charge is 2.36. The highest BCUT2D eigenvalue weighted by atomic mass is 16.3. The molecule has 0 saturated carbocycles. The van der Waals surface area contributed by atoms with E-state index in [9.17, 15) is 5.11 Å². The largest absolute Gasteiger partial charge is 0.507 e. The Morgan fingerprint density at radius 1 is 0.808 bits per heavy atom. The molecule has 0 aromatic heterocycles. The quantitative estimate of drug-likeness (QED) is 0.449. The number of hydrogen-bond donors (Lipinski definition) is 1. The summed E-state index contributed by atoms with van der Waals surface area (Å²) < 4.78 is 0. The zero-order valence-electron chi connectivity index (χ0n) is 19.0. The predicted octanol–water partition coefficient (Wildman–Crippen LogP) is 7.91. The third-order valence-corrected chi connectivity index (χ3v) is 7.09. The lowest BCUT2D eigenvalue weighted by Gasteiger charge is -2.38. The number of phenolic OH excluding ortho intramolecular Hbond substituents is 1. The number of hydrogen-bond acceptors (Lipinski definition) is 1. The zero-order valence-corrected chi connectivity index (χ0v) is 19.0. The molecule has 0 heterocycles. The van der Waals surface area contributed by atoms with Crippen molar-refractivity contribution < 1.29 is 5.11 Å². The van der Waals surface area contributed by atoms with Crippen LogP contribution >= 0.6 is 0 Å². The van der Waals surface area contributed by atoms with Gasteiger partial charge in [-0.1, -0.05) is 98.8 Å². The lowest BCUT2D eigenvalue weighted by molar-refractivity contribution is 0.287. The molecule has 1 rings (SSSR count). The molecular weight excluding hydrogens is 316 g/mol.